The van der Waals surface area contributed by atoms with Gasteiger partial charge in [0.1, 0.15) is 11.4 Å². The molecule has 1 aromatic heterocycles. The fourth-order valence-corrected chi connectivity index (χ4v) is 2.23. The quantitative estimate of drug-likeness (QED) is 0.641. The Balaban J connectivity index is 1.83. The Hall–Kier alpha value is -2.67. The van der Waals surface area contributed by atoms with Gasteiger partial charge in [0.2, 0.25) is 5.95 Å². The molecule has 1 amide bonds. The first kappa shape index (κ1) is 18.7. The Morgan fingerprint density at radius 2 is 2.08 bits per heavy atom. The number of methoxy groups -OCH3 is 2. The Labute approximate surface area is 147 Å². The van der Waals surface area contributed by atoms with Crippen molar-refractivity contribution in [3.05, 3.63) is 47.8 Å². The molecule has 0 atom stereocenters. The Morgan fingerprint density at radius 3 is 2.88 bits per heavy atom. The maximum Gasteiger partial charge on any atom is 0.270 e. The average molecular weight is 344 g/mol. The molecule has 0 saturated heterocycles. The fraction of sp³-hybridized carbons (Fsp3) is 0.389. The molecule has 0 fully saturated rings. The van der Waals surface area contributed by atoms with Crippen molar-refractivity contribution in [2.45, 2.75) is 12.8 Å². The van der Waals surface area contributed by atoms with E-state index in [1.807, 2.05) is 24.3 Å². The summed E-state index contributed by atoms with van der Waals surface area (Å²) in [5.74, 6) is 1.06. The highest BCUT2D eigenvalue weighted by Crippen LogP contribution is 2.13. The first-order chi connectivity index (χ1) is 12.2. The van der Waals surface area contributed by atoms with Gasteiger partial charge in [-0.3, -0.25) is 4.79 Å². The number of ether oxygens (including phenoxy) is 2. The summed E-state index contributed by atoms with van der Waals surface area (Å²) in [6, 6.07) is 9.49. The standard InChI is InChI=1S/C18H24N4O3/c1-24-12-4-9-19-17(23)16-8-11-21-18(22-16)20-10-7-14-5-3-6-15(13-14)25-2/h3,5-6,8,11,13H,4,7,9-10,12H2,1-2H3,(H,19,23)(H,20,21,22). The lowest BCUT2D eigenvalue weighted by Crippen LogP contribution is -2.26. The van der Waals surface area contributed by atoms with Crippen molar-refractivity contribution in [1.82, 2.24) is 15.3 Å². The highest BCUT2D eigenvalue weighted by atomic mass is 16.5. The number of carbonyl (C=O) groups is 1. The summed E-state index contributed by atoms with van der Waals surface area (Å²) >= 11 is 0. The van der Waals surface area contributed by atoms with Crippen LogP contribution >= 0.6 is 0 Å². The van der Waals surface area contributed by atoms with E-state index in [1.165, 1.54) is 0 Å². The number of hydrogen-bond acceptors (Lipinski definition) is 6. The third kappa shape index (κ3) is 6.39. The van der Waals surface area contributed by atoms with Crippen molar-refractivity contribution in [3.63, 3.8) is 0 Å². The number of aromatic nitrogens is 2. The van der Waals surface area contributed by atoms with Gasteiger partial charge in [0.25, 0.3) is 5.91 Å². The van der Waals surface area contributed by atoms with Crippen LogP contribution in [0.2, 0.25) is 0 Å². The Morgan fingerprint density at radius 1 is 1.20 bits per heavy atom. The number of anilines is 1. The summed E-state index contributed by atoms with van der Waals surface area (Å²) in [5.41, 5.74) is 1.50. The van der Waals surface area contributed by atoms with Crippen LogP contribution in [-0.2, 0) is 11.2 Å². The maximum absolute atomic E-state index is 12.0. The molecule has 134 valence electrons. The third-order valence-corrected chi connectivity index (χ3v) is 3.53. The number of hydrogen-bond donors (Lipinski definition) is 2. The highest BCUT2D eigenvalue weighted by Gasteiger charge is 2.08. The summed E-state index contributed by atoms with van der Waals surface area (Å²) < 4.78 is 10.2. The molecule has 1 aromatic carbocycles. The van der Waals surface area contributed by atoms with Gasteiger partial charge in [-0.1, -0.05) is 12.1 Å². The smallest absolute Gasteiger partial charge is 0.270 e. The van der Waals surface area contributed by atoms with Gasteiger partial charge in [-0.2, -0.15) is 0 Å². The minimum atomic E-state index is -0.214. The zero-order chi connectivity index (χ0) is 17.9. The summed E-state index contributed by atoms with van der Waals surface area (Å²) in [5, 5.41) is 5.94. The van der Waals surface area contributed by atoms with E-state index in [9.17, 15) is 4.79 Å². The molecule has 0 unspecified atom stereocenters. The summed E-state index contributed by atoms with van der Waals surface area (Å²) in [4.78, 5) is 20.4. The van der Waals surface area contributed by atoms with E-state index >= 15 is 0 Å². The van der Waals surface area contributed by atoms with Crippen molar-refractivity contribution in [3.8, 4) is 5.75 Å². The van der Waals surface area contributed by atoms with Crippen LogP contribution in [0.15, 0.2) is 36.5 Å². The van der Waals surface area contributed by atoms with Crippen LogP contribution in [0.1, 0.15) is 22.5 Å². The summed E-state index contributed by atoms with van der Waals surface area (Å²) in [6.07, 6.45) is 3.14. The van der Waals surface area contributed by atoms with E-state index in [0.29, 0.717) is 31.3 Å². The summed E-state index contributed by atoms with van der Waals surface area (Å²) in [7, 11) is 3.28. The van der Waals surface area contributed by atoms with Gasteiger partial charge in [-0.05, 0) is 36.6 Å². The summed E-state index contributed by atoms with van der Waals surface area (Å²) in [6.45, 7) is 1.82. The normalized spacial score (nSPS) is 10.3. The number of carbonyl (C=O) groups excluding carboxylic acids is 1. The molecular formula is C18H24N4O3. The van der Waals surface area contributed by atoms with Gasteiger partial charge in [0.15, 0.2) is 0 Å². The molecule has 7 nitrogen and oxygen atoms in total. The largest absolute Gasteiger partial charge is 0.497 e. The van der Waals surface area contributed by atoms with E-state index in [2.05, 4.69) is 20.6 Å². The van der Waals surface area contributed by atoms with Crippen LogP contribution < -0.4 is 15.4 Å². The van der Waals surface area contributed by atoms with Gasteiger partial charge < -0.3 is 20.1 Å². The van der Waals surface area contributed by atoms with Crippen molar-refractivity contribution >= 4 is 11.9 Å². The zero-order valence-electron chi connectivity index (χ0n) is 14.6. The van der Waals surface area contributed by atoms with Crippen LogP contribution in [0.4, 0.5) is 5.95 Å². The lowest BCUT2D eigenvalue weighted by Gasteiger charge is -2.08. The second-order valence-corrected chi connectivity index (χ2v) is 5.40. The number of benzene rings is 1. The lowest BCUT2D eigenvalue weighted by atomic mass is 10.1. The van der Waals surface area contributed by atoms with Crippen molar-refractivity contribution in [2.75, 3.05) is 39.2 Å². The highest BCUT2D eigenvalue weighted by molar-refractivity contribution is 5.92. The fourth-order valence-electron chi connectivity index (χ4n) is 2.23. The molecule has 25 heavy (non-hydrogen) atoms. The maximum atomic E-state index is 12.0. The van der Waals surface area contributed by atoms with Crippen molar-refractivity contribution < 1.29 is 14.3 Å². The molecule has 7 heteroatoms. The zero-order valence-corrected chi connectivity index (χ0v) is 14.6. The van der Waals surface area contributed by atoms with Crippen LogP contribution in [0, 0.1) is 0 Å². The molecule has 1 heterocycles. The SMILES string of the molecule is COCCCNC(=O)c1ccnc(NCCc2cccc(OC)c2)n1. The molecule has 0 aliphatic heterocycles. The lowest BCUT2D eigenvalue weighted by molar-refractivity contribution is 0.0943. The molecule has 0 aliphatic carbocycles. The van der Waals surface area contributed by atoms with Crippen LogP contribution in [-0.4, -0.2) is 49.8 Å². The predicted molar refractivity (Wildman–Crippen MR) is 96.0 cm³/mol. The van der Waals surface area contributed by atoms with E-state index in [-0.39, 0.29) is 5.91 Å². The van der Waals surface area contributed by atoms with Gasteiger partial charge >= 0.3 is 0 Å². The third-order valence-electron chi connectivity index (χ3n) is 3.53. The van der Waals surface area contributed by atoms with E-state index in [1.54, 1.807) is 26.5 Å². The molecule has 0 bridgehead atoms. The number of amides is 1. The van der Waals surface area contributed by atoms with Crippen molar-refractivity contribution in [1.29, 1.82) is 0 Å². The van der Waals surface area contributed by atoms with Crippen LogP contribution in [0.5, 0.6) is 5.75 Å². The Bertz CT molecular complexity index is 679. The molecule has 2 aromatic rings. The number of nitrogens with one attached hydrogen (secondary N) is 2. The van der Waals surface area contributed by atoms with Crippen LogP contribution in [0.3, 0.4) is 0 Å². The van der Waals surface area contributed by atoms with Gasteiger partial charge in [-0.15, -0.1) is 0 Å². The van der Waals surface area contributed by atoms with E-state index < -0.39 is 0 Å². The van der Waals surface area contributed by atoms with E-state index in [4.69, 9.17) is 9.47 Å². The van der Waals surface area contributed by atoms with Gasteiger partial charge in [0, 0.05) is 33.0 Å². The van der Waals surface area contributed by atoms with Crippen molar-refractivity contribution in [2.24, 2.45) is 0 Å². The molecule has 0 saturated carbocycles. The molecule has 0 radical (unpaired) electrons. The molecule has 0 spiro atoms. The minimum Gasteiger partial charge on any atom is -0.497 e. The topological polar surface area (TPSA) is 85.4 Å². The minimum absolute atomic E-state index is 0.214. The first-order valence-corrected chi connectivity index (χ1v) is 8.20. The van der Waals surface area contributed by atoms with Crippen LogP contribution in [0.25, 0.3) is 0 Å². The first-order valence-electron chi connectivity index (χ1n) is 8.20. The molecule has 2 rings (SSSR count). The molecule has 0 aliphatic rings. The molecule has 2 N–H and O–H groups in total. The predicted octanol–water partition coefficient (Wildman–Crippen LogP) is 1.91. The number of nitrogens with zero attached hydrogens (tertiary/aromatic N) is 2. The second kappa shape index (κ2) is 10.2. The Kier molecular flexibility index (Phi) is 7.65. The van der Waals surface area contributed by atoms with E-state index in [0.717, 1.165) is 24.2 Å². The average Bonchev–Trinajstić information content (AvgIpc) is 2.65. The molecular weight excluding hydrogens is 320 g/mol. The number of rotatable bonds is 10. The second-order valence-electron chi connectivity index (χ2n) is 5.40. The van der Waals surface area contributed by atoms with Gasteiger partial charge in [0.05, 0.1) is 7.11 Å². The van der Waals surface area contributed by atoms with Gasteiger partial charge in [-0.25, -0.2) is 9.97 Å². The monoisotopic (exact) mass is 344 g/mol.